The van der Waals surface area contributed by atoms with E-state index in [0.29, 0.717) is 0 Å². The highest BCUT2D eigenvalue weighted by Crippen LogP contribution is 2.04. The van der Waals surface area contributed by atoms with Crippen molar-refractivity contribution in [3.05, 3.63) is 36.2 Å². The van der Waals surface area contributed by atoms with E-state index in [1.165, 1.54) is 11.3 Å². The molecule has 0 atom stereocenters. The lowest BCUT2D eigenvalue weighted by atomic mass is 10.2. The summed E-state index contributed by atoms with van der Waals surface area (Å²) in [7, 11) is 3.64. The van der Waals surface area contributed by atoms with Crippen molar-refractivity contribution in [1.82, 2.24) is 24.6 Å². The molecule has 0 aliphatic rings. The molecule has 2 aromatic heterocycles. The van der Waals surface area contributed by atoms with Crippen molar-refractivity contribution in [2.75, 3.05) is 20.3 Å². The maximum Gasteiger partial charge on any atom is 0.0948 e. The molecule has 19 heavy (non-hydrogen) atoms. The number of nitrogens with one attached hydrogen (secondary N) is 1. The van der Waals surface area contributed by atoms with Gasteiger partial charge in [0.15, 0.2) is 0 Å². The van der Waals surface area contributed by atoms with Gasteiger partial charge in [-0.3, -0.25) is 4.68 Å². The van der Waals surface area contributed by atoms with E-state index in [1.54, 1.807) is 7.11 Å². The number of imidazole rings is 1. The minimum atomic E-state index is 0.726. The molecule has 1 N–H and O–H groups in total. The topological polar surface area (TPSA) is 56.9 Å². The highest BCUT2D eigenvalue weighted by atomic mass is 16.5. The van der Waals surface area contributed by atoms with Crippen LogP contribution in [0.5, 0.6) is 0 Å². The third-order valence-corrected chi connectivity index (χ3v) is 2.99. The van der Waals surface area contributed by atoms with Crippen molar-refractivity contribution >= 4 is 0 Å². The molecule has 0 saturated carbocycles. The van der Waals surface area contributed by atoms with Crippen LogP contribution in [-0.2, 0) is 31.3 Å². The molecule has 2 heterocycles. The highest BCUT2D eigenvalue weighted by Gasteiger charge is 2.03. The fourth-order valence-electron chi connectivity index (χ4n) is 1.94. The monoisotopic (exact) mass is 263 g/mol. The minimum Gasteiger partial charge on any atom is -0.383 e. The fourth-order valence-corrected chi connectivity index (χ4v) is 1.94. The molecule has 0 bridgehead atoms. The van der Waals surface area contributed by atoms with Gasteiger partial charge in [-0.25, -0.2) is 4.98 Å². The predicted octanol–water partition coefficient (Wildman–Crippen LogP) is 0.595. The summed E-state index contributed by atoms with van der Waals surface area (Å²) in [6.45, 7) is 3.32. The van der Waals surface area contributed by atoms with Crippen LogP contribution >= 0.6 is 0 Å². The van der Waals surface area contributed by atoms with Crippen molar-refractivity contribution in [3.8, 4) is 0 Å². The first-order chi connectivity index (χ1) is 9.29. The third-order valence-electron chi connectivity index (χ3n) is 2.99. The van der Waals surface area contributed by atoms with Crippen molar-refractivity contribution in [1.29, 1.82) is 0 Å². The molecule has 6 nitrogen and oxygen atoms in total. The zero-order valence-corrected chi connectivity index (χ0v) is 11.5. The number of rotatable bonds is 8. The zero-order valence-electron chi connectivity index (χ0n) is 11.5. The Morgan fingerprint density at radius 2 is 2.26 bits per heavy atom. The van der Waals surface area contributed by atoms with Gasteiger partial charge in [-0.15, -0.1) is 0 Å². The van der Waals surface area contributed by atoms with Gasteiger partial charge < -0.3 is 14.6 Å². The van der Waals surface area contributed by atoms with E-state index in [9.17, 15) is 0 Å². The number of aromatic nitrogens is 4. The number of aryl methyl sites for hydroxylation is 3. The van der Waals surface area contributed by atoms with E-state index in [1.807, 2.05) is 36.6 Å². The lowest BCUT2D eigenvalue weighted by molar-refractivity contribution is 0.199. The Morgan fingerprint density at radius 3 is 3.00 bits per heavy atom. The summed E-state index contributed by atoms with van der Waals surface area (Å²) < 4.78 is 9.01. The zero-order chi connectivity index (χ0) is 13.5. The van der Waals surface area contributed by atoms with Crippen molar-refractivity contribution in [3.63, 3.8) is 0 Å². The van der Waals surface area contributed by atoms with Gasteiger partial charge in [0.25, 0.3) is 0 Å². The Morgan fingerprint density at radius 1 is 1.37 bits per heavy atom. The van der Waals surface area contributed by atoms with Crippen LogP contribution in [0, 0.1) is 0 Å². The normalized spacial score (nSPS) is 11.1. The van der Waals surface area contributed by atoms with Gasteiger partial charge in [0, 0.05) is 46.2 Å². The lowest BCUT2D eigenvalue weighted by Gasteiger charge is -2.08. The van der Waals surface area contributed by atoms with Crippen LogP contribution in [0.3, 0.4) is 0 Å². The standard InChI is InChI=1S/C13H21N5O/c1-17-10-12(7-16-17)3-5-18-11-15-9-13(18)8-14-4-6-19-2/h7,9-11,14H,3-6,8H2,1-2H3. The van der Waals surface area contributed by atoms with Gasteiger partial charge in [-0.2, -0.15) is 5.10 Å². The Bertz CT molecular complexity index is 491. The molecule has 2 aromatic rings. The number of methoxy groups -OCH3 is 1. The summed E-state index contributed by atoms with van der Waals surface area (Å²) in [4.78, 5) is 4.21. The number of hydrogen-bond acceptors (Lipinski definition) is 4. The molecule has 0 amide bonds. The molecule has 0 unspecified atom stereocenters. The Labute approximate surface area is 113 Å². The molecule has 0 aliphatic carbocycles. The van der Waals surface area contributed by atoms with Crippen LogP contribution in [-0.4, -0.2) is 39.6 Å². The second kappa shape index (κ2) is 7.06. The molecular weight excluding hydrogens is 242 g/mol. The predicted molar refractivity (Wildman–Crippen MR) is 72.7 cm³/mol. The minimum absolute atomic E-state index is 0.726. The molecular formula is C13H21N5O. The molecule has 0 saturated heterocycles. The smallest absolute Gasteiger partial charge is 0.0948 e. The molecule has 0 fully saturated rings. The summed E-state index contributed by atoms with van der Waals surface area (Å²) in [5.41, 5.74) is 2.44. The van der Waals surface area contributed by atoms with Crippen LogP contribution in [0.2, 0.25) is 0 Å². The van der Waals surface area contributed by atoms with E-state index >= 15 is 0 Å². The fraction of sp³-hybridized carbons (Fsp3) is 0.538. The molecule has 6 heteroatoms. The van der Waals surface area contributed by atoms with Crippen LogP contribution in [0.4, 0.5) is 0 Å². The number of nitrogens with zero attached hydrogens (tertiary/aromatic N) is 4. The van der Waals surface area contributed by atoms with Crippen molar-refractivity contribution < 1.29 is 4.74 Å². The molecule has 0 aliphatic heterocycles. The quantitative estimate of drug-likeness (QED) is 0.708. The van der Waals surface area contributed by atoms with Gasteiger partial charge in [0.05, 0.1) is 24.8 Å². The molecule has 0 spiro atoms. The lowest BCUT2D eigenvalue weighted by Crippen LogP contribution is -2.20. The number of hydrogen-bond donors (Lipinski definition) is 1. The first kappa shape index (κ1) is 13.8. The average Bonchev–Trinajstić information content (AvgIpc) is 3.01. The van der Waals surface area contributed by atoms with Gasteiger partial charge in [-0.1, -0.05) is 0 Å². The summed E-state index contributed by atoms with van der Waals surface area (Å²) >= 11 is 0. The molecule has 0 aromatic carbocycles. The average molecular weight is 263 g/mol. The second-order valence-corrected chi connectivity index (χ2v) is 4.52. The van der Waals surface area contributed by atoms with E-state index in [0.717, 1.165) is 32.7 Å². The SMILES string of the molecule is COCCNCc1cncn1CCc1cnn(C)c1. The third kappa shape index (κ3) is 4.18. The van der Waals surface area contributed by atoms with Crippen LogP contribution in [0.1, 0.15) is 11.3 Å². The summed E-state index contributed by atoms with van der Waals surface area (Å²) in [5.74, 6) is 0. The Hall–Kier alpha value is -1.66. The van der Waals surface area contributed by atoms with Gasteiger partial charge >= 0.3 is 0 Å². The Balaban J connectivity index is 1.81. The van der Waals surface area contributed by atoms with E-state index in [2.05, 4.69) is 20.0 Å². The number of ether oxygens (including phenoxy) is 1. The van der Waals surface area contributed by atoms with Crippen molar-refractivity contribution in [2.24, 2.45) is 7.05 Å². The van der Waals surface area contributed by atoms with Crippen LogP contribution in [0.15, 0.2) is 24.9 Å². The largest absolute Gasteiger partial charge is 0.383 e. The molecule has 0 radical (unpaired) electrons. The summed E-state index contributed by atoms with van der Waals surface area (Å²) in [6.07, 6.45) is 8.71. The maximum absolute atomic E-state index is 5.00. The van der Waals surface area contributed by atoms with Gasteiger partial charge in [-0.05, 0) is 12.0 Å². The van der Waals surface area contributed by atoms with E-state index < -0.39 is 0 Å². The van der Waals surface area contributed by atoms with E-state index in [-0.39, 0.29) is 0 Å². The van der Waals surface area contributed by atoms with E-state index in [4.69, 9.17) is 4.74 Å². The van der Waals surface area contributed by atoms with Crippen molar-refractivity contribution in [2.45, 2.75) is 19.5 Å². The first-order valence-electron chi connectivity index (χ1n) is 6.46. The summed E-state index contributed by atoms with van der Waals surface area (Å²) in [5, 5.41) is 7.50. The first-order valence-corrected chi connectivity index (χ1v) is 6.46. The second-order valence-electron chi connectivity index (χ2n) is 4.52. The van der Waals surface area contributed by atoms with Crippen LogP contribution < -0.4 is 5.32 Å². The summed E-state index contributed by atoms with van der Waals surface area (Å²) in [6, 6.07) is 0. The molecule has 104 valence electrons. The van der Waals surface area contributed by atoms with Crippen LogP contribution in [0.25, 0.3) is 0 Å². The Kier molecular flexibility index (Phi) is 5.11. The van der Waals surface area contributed by atoms with Gasteiger partial charge in [0.2, 0.25) is 0 Å². The highest BCUT2D eigenvalue weighted by molar-refractivity contribution is 5.05. The maximum atomic E-state index is 5.00. The van der Waals surface area contributed by atoms with Gasteiger partial charge in [0.1, 0.15) is 0 Å². The molecule has 2 rings (SSSR count).